The average molecular weight is 353 g/mol. The van der Waals surface area contributed by atoms with Crippen LogP contribution in [0.25, 0.3) is 6.08 Å². The molecular formula is C25H24Si. The third-order valence-corrected chi connectivity index (χ3v) is 7.40. The number of allylic oxidation sites excluding steroid dienone is 1. The van der Waals surface area contributed by atoms with Crippen LogP contribution in [-0.4, -0.2) is 9.52 Å². The molecule has 0 fully saturated rings. The first-order valence-electron chi connectivity index (χ1n) is 9.25. The van der Waals surface area contributed by atoms with Gasteiger partial charge in [-0.15, -0.1) is 0 Å². The standard InChI is InChI=1S/C25H24Si/c1-18-8-6-11-21(16-18)25(3,22-12-7-9-19(2)17-22)26-24-15-14-20-10-4-5-13-23(20)24/h4-17,24H,1-3H3. The first kappa shape index (κ1) is 17.1. The van der Waals surface area contributed by atoms with Crippen molar-refractivity contribution in [3.05, 3.63) is 112 Å². The van der Waals surface area contributed by atoms with E-state index in [1.165, 1.54) is 33.4 Å². The number of aryl methyl sites for hydroxylation is 2. The Morgan fingerprint density at radius 1 is 0.769 bits per heavy atom. The van der Waals surface area contributed by atoms with Crippen LogP contribution < -0.4 is 0 Å². The van der Waals surface area contributed by atoms with E-state index in [9.17, 15) is 0 Å². The van der Waals surface area contributed by atoms with Gasteiger partial charge in [-0.05, 0) is 41.6 Å². The molecule has 0 N–H and O–H groups in total. The molecule has 0 nitrogen and oxygen atoms in total. The minimum Gasteiger partial charge on any atom is -0.0796 e. The van der Waals surface area contributed by atoms with Crippen molar-refractivity contribution in [2.45, 2.75) is 31.4 Å². The molecule has 2 radical (unpaired) electrons. The summed E-state index contributed by atoms with van der Waals surface area (Å²) in [5.74, 6) is 0. The third kappa shape index (κ3) is 3.08. The van der Waals surface area contributed by atoms with E-state index in [0.29, 0.717) is 5.54 Å². The normalized spacial score (nSPS) is 15.9. The molecule has 1 heteroatoms. The first-order valence-corrected chi connectivity index (χ1v) is 10.3. The Bertz CT molecular complexity index is 922. The van der Waals surface area contributed by atoms with Gasteiger partial charge in [0.2, 0.25) is 0 Å². The van der Waals surface area contributed by atoms with Crippen molar-refractivity contribution >= 4 is 15.6 Å². The number of benzene rings is 3. The highest BCUT2D eigenvalue weighted by Crippen LogP contribution is 2.39. The molecule has 0 saturated heterocycles. The zero-order valence-corrected chi connectivity index (χ0v) is 16.7. The van der Waals surface area contributed by atoms with Crippen LogP contribution in [0.15, 0.2) is 78.9 Å². The number of rotatable bonds is 4. The van der Waals surface area contributed by atoms with E-state index in [2.05, 4.69) is 106 Å². The summed E-state index contributed by atoms with van der Waals surface area (Å²) in [7, 11) is 0.758. The molecule has 3 aromatic rings. The van der Waals surface area contributed by atoms with Gasteiger partial charge in [-0.2, -0.15) is 0 Å². The Morgan fingerprint density at radius 2 is 1.38 bits per heavy atom. The summed E-state index contributed by atoms with van der Waals surface area (Å²) in [6.07, 6.45) is 4.69. The lowest BCUT2D eigenvalue weighted by atomic mass is 9.90. The number of hydrogen-bond donors (Lipinski definition) is 0. The fraction of sp³-hybridized carbons (Fsp3) is 0.200. The van der Waals surface area contributed by atoms with E-state index in [-0.39, 0.29) is 5.04 Å². The SMILES string of the molecule is Cc1cccc(C(C)([Si]C2C=Cc3ccccc32)c2cccc(C)c2)c1. The van der Waals surface area contributed by atoms with E-state index in [0.717, 1.165) is 9.52 Å². The van der Waals surface area contributed by atoms with E-state index in [1.807, 2.05) is 0 Å². The van der Waals surface area contributed by atoms with Crippen LogP contribution >= 0.6 is 0 Å². The van der Waals surface area contributed by atoms with Gasteiger partial charge in [0.1, 0.15) is 0 Å². The van der Waals surface area contributed by atoms with Gasteiger partial charge in [0, 0.05) is 5.04 Å². The van der Waals surface area contributed by atoms with E-state index >= 15 is 0 Å². The van der Waals surface area contributed by atoms with Gasteiger partial charge in [0.15, 0.2) is 0 Å². The summed E-state index contributed by atoms with van der Waals surface area (Å²) in [5, 5.41) is 0.00446. The molecule has 1 unspecified atom stereocenters. The molecule has 1 atom stereocenters. The molecule has 0 aliphatic heterocycles. The first-order chi connectivity index (χ1) is 12.6. The van der Waals surface area contributed by atoms with E-state index in [4.69, 9.17) is 0 Å². The zero-order valence-electron chi connectivity index (χ0n) is 15.7. The fourth-order valence-electron chi connectivity index (χ4n) is 3.93. The molecule has 0 saturated carbocycles. The van der Waals surface area contributed by atoms with Gasteiger partial charge in [0.05, 0.1) is 9.52 Å². The third-order valence-electron chi connectivity index (χ3n) is 5.43. The molecule has 0 spiro atoms. The van der Waals surface area contributed by atoms with Crippen LogP contribution in [0.1, 0.15) is 45.8 Å². The molecule has 4 rings (SSSR count). The highest BCUT2D eigenvalue weighted by molar-refractivity contribution is 6.45. The maximum atomic E-state index is 2.42. The predicted octanol–water partition coefficient (Wildman–Crippen LogP) is 6.04. The lowest BCUT2D eigenvalue weighted by Crippen LogP contribution is -2.34. The summed E-state index contributed by atoms with van der Waals surface area (Å²) in [6, 6.07) is 26.9. The second kappa shape index (κ2) is 6.73. The lowest BCUT2D eigenvalue weighted by molar-refractivity contribution is 0.791. The molecule has 128 valence electrons. The molecular weight excluding hydrogens is 328 g/mol. The number of hydrogen-bond acceptors (Lipinski definition) is 0. The van der Waals surface area contributed by atoms with Crippen molar-refractivity contribution in [2.75, 3.05) is 0 Å². The van der Waals surface area contributed by atoms with Gasteiger partial charge < -0.3 is 0 Å². The minimum absolute atomic E-state index is 0.00446. The van der Waals surface area contributed by atoms with Gasteiger partial charge >= 0.3 is 0 Å². The van der Waals surface area contributed by atoms with Crippen LogP contribution in [-0.2, 0) is 5.04 Å². The van der Waals surface area contributed by atoms with Gasteiger partial charge in [0.25, 0.3) is 0 Å². The molecule has 0 amide bonds. The maximum absolute atomic E-state index is 2.42. The minimum atomic E-state index is 0.00446. The summed E-state index contributed by atoms with van der Waals surface area (Å²) in [5.41, 5.74) is 8.82. The Balaban J connectivity index is 1.81. The largest absolute Gasteiger partial charge is 0.0796 e. The smallest absolute Gasteiger partial charge is 0.0718 e. The van der Waals surface area contributed by atoms with Crippen LogP contribution in [0.2, 0.25) is 0 Å². The van der Waals surface area contributed by atoms with Gasteiger partial charge in [-0.3, -0.25) is 0 Å². The van der Waals surface area contributed by atoms with Crippen LogP contribution in [0.5, 0.6) is 0 Å². The monoisotopic (exact) mass is 352 g/mol. The molecule has 26 heavy (non-hydrogen) atoms. The summed E-state index contributed by atoms with van der Waals surface area (Å²) >= 11 is 0. The summed E-state index contributed by atoms with van der Waals surface area (Å²) in [4.78, 5) is 0. The Labute approximate surface area is 159 Å². The Morgan fingerprint density at radius 3 is 2.00 bits per heavy atom. The average Bonchev–Trinajstić information content (AvgIpc) is 3.04. The van der Waals surface area contributed by atoms with Crippen molar-refractivity contribution < 1.29 is 0 Å². The molecule has 3 aromatic carbocycles. The highest BCUT2D eigenvalue weighted by atomic mass is 28.2. The zero-order chi connectivity index (χ0) is 18.1. The second-order valence-corrected chi connectivity index (χ2v) is 9.38. The van der Waals surface area contributed by atoms with E-state index in [1.54, 1.807) is 0 Å². The second-order valence-electron chi connectivity index (χ2n) is 7.47. The molecule has 1 aliphatic rings. The Hall–Kier alpha value is -2.38. The fourth-order valence-corrected chi connectivity index (χ4v) is 5.81. The Kier molecular flexibility index (Phi) is 4.42. The molecule has 1 aliphatic carbocycles. The van der Waals surface area contributed by atoms with Gasteiger partial charge in [-0.1, -0.05) is 103 Å². The van der Waals surface area contributed by atoms with Crippen molar-refractivity contribution in [1.82, 2.24) is 0 Å². The molecule has 0 bridgehead atoms. The maximum Gasteiger partial charge on any atom is 0.0718 e. The van der Waals surface area contributed by atoms with Gasteiger partial charge in [-0.25, -0.2) is 0 Å². The van der Waals surface area contributed by atoms with Crippen LogP contribution in [0.4, 0.5) is 0 Å². The quantitative estimate of drug-likeness (QED) is 0.502. The predicted molar refractivity (Wildman–Crippen MR) is 113 cm³/mol. The van der Waals surface area contributed by atoms with Crippen molar-refractivity contribution in [3.63, 3.8) is 0 Å². The van der Waals surface area contributed by atoms with E-state index < -0.39 is 0 Å². The van der Waals surface area contributed by atoms with Crippen molar-refractivity contribution in [3.8, 4) is 0 Å². The molecule has 0 aromatic heterocycles. The van der Waals surface area contributed by atoms with Crippen LogP contribution in [0, 0.1) is 13.8 Å². The van der Waals surface area contributed by atoms with Crippen LogP contribution in [0.3, 0.4) is 0 Å². The summed E-state index contributed by atoms with van der Waals surface area (Å²) in [6.45, 7) is 6.80. The molecule has 0 heterocycles. The topological polar surface area (TPSA) is 0 Å². The highest BCUT2D eigenvalue weighted by Gasteiger charge is 2.34. The van der Waals surface area contributed by atoms with Crippen molar-refractivity contribution in [1.29, 1.82) is 0 Å². The van der Waals surface area contributed by atoms with Crippen molar-refractivity contribution in [2.24, 2.45) is 0 Å². The number of fused-ring (bicyclic) bond motifs is 1. The summed E-state index contributed by atoms with van der Waals surface area (Å²) < 4.78 is 0. The lowest BCUT2D eigenvalue weighted by Gasteiger charge is -2.33.